The third-order valence-corrected chi connectivity index (χ3v) is 5.52. The third kappa shape index (κ3) is 3.07. The van der Waals surface area contributed by atoms with Gasteiger partial charge in [0.25, 0.3) is 5.89 Å². The van der Waals surface area contributed by atoms with E-state index in [0.717, 1.165) is 23.0 Å². The van der Waals surface area contributed by atoms with E-state index in [9.17, 15) is 4.79 Å². The van der Waals surface area contributed by atoms with Gasteiger partial charge in [0.05, 0.1) is 0 Å². The minimum Gasteiger partial charge on any atom is -0.456 e. The summed E-state index contributed by atoms with van der Waals surface area (Å²) in [4.78, 5) is 16.4. The molecule has 0 aliphatic heterocycles. The number of carbonyl (C=O) groups is 1. The topological polar surface area (TPSA) is 65.2 Å². The SMILES string of the molecule is Cc1ccccc1-c1noc(COC(=O)C[C@H]2C[C@H]3CC[C@@H]2C3)n1. The Labute approximate surface area is 141 Å². The van der Waals surface area contributed by atoms with E-state index >= 15 is 0 Å². The summed E-state index contributed by atoms with van der Waals surface area (Å²) in [5, 5.41) is 3.98. The number of hydrogen-bond acceptors (Lipinski definition) is 5. The number of fused-ring (bicyclic) bond motifs is 2. The highest BCUT2D eigenvalue weighted by Gasteiger charge is 2.40. The summed E-state index contributed by atoms with van der Waals surface area (Å²) in [6.45, 7) is 2.05. The van der Waals surface area contributed by atoms with Crippen LogP contribution in [0.5, 0.6) is 0 Å². The quantitative estimate of drug-likeness (QED) is 0.779. The van der Waals surface area contributed by atoms with Gasteiger partial charge in [-0.1, -0.05) is 35.8 Å². The number of aryl methyl sites for hydroxylation is 1. The van der Waals surface area contributed by atoms with Crippen molar-refractivity contribution >= 4 is 5.97 Å². The van der Waals surface area contributed by atoms with Gasteiger partial charge in [-0.15, -0.1) is 0 Å². The summed E-state index contributed by atoms with van der Waals surface area (Å²) >= 11 is 0. The predicted molar refractivity (Wildman–Crippen MR) is 87.8 cm³/mol. The summed E-state index contributed by atoms with van der Waals surface area (Å²) in [7, 11) is 0. The van der Waals surface area contributed by atoms with Crippen LogP contribution in [0.2, 0.25) is 0 Å². The molecule has 4 rings (SSSR count). The predicted octanol–water partition coefficient (Wildman–Crippen LogP) is 3.91. The molecule has 2 bridgehead atoms. The van der Waals surface area contributed by atoms with E-state index in [4.69, 9.17) is 9.26 Å². The Morgan fingerprint density at radius 2 is 2.17 bits per heavy atom. The Bertz CT molecular complexity index is 740. The molecule has 5 nitrogen and oxygen atoms in total. The van der Waals surface area contributed by atoms with Gasteiger partial charge in [-0.05, 0) is 49.5 Å². The normalized spacial score (nSPS) is 25.1. The van der Waals surface area contributed by atoms with Crippen molar-refractivity contribution < 1.29 is 14.1 Å². The van der Waals surface area contributed by atoms with Gasteiger partial charge < -0.3 is 9.26 Å². The molecule has 2 fully saturated rings. The first-order chi connectivity index (χ1) is 11.7. The molecule has 5 heteroatoms. The lowest BCUT2D eigenvalue weighted by Gasteiger charge is -2.20. The molecule has 0 N–H and O–H groups in total. The Morgan fingerprint density at radius 1 is 1.29 bits per heavy atom. The second kappa shape index (κ2) is 6.38. The Balaban J connectivity index is 1.32. The van der Waals surface area contributed by atoms with Crippen molar-refractivity contribution in [2.75, 3.05) is 0 Å². The lowest BCUT2D eigenvalue weighted by molar-refractivity contribution is -0.147. The average molecular weight is 326 g/mol. The fourth-order valence-corrected chi connectivity index (χ4v) is 4.29. The van der Waals surface area contributed by atoms with E-state index in [-0.39, 0.29) is 12.6 Å². The first kappa shape index (κ1) is 15.4. The van der Waals surface area contributed by atoms with Gasteiger partial charge >= 0.3 is 5.97 Å². The number of hydrogen-bond donors (Lipinski definition) is 0. The highest BCUT2D eigenvalue weighted by atomic mass is 16.6. The molecule has 3 atom stereocenters. The Kier molecular flexibility index (Phi) is 4.08. The van der Waals surface area contributed by atoms with Gasteiger partial charge in [-0.3, -0.25) is 4.79 Å². The minimum absolute atomic E-state index is 0.0541. The van der Waals surface area contributed by atoms with E-state index in [1.54, 1.807) is 0 Å². The maximum absolute atomic E-state index is 12.1. The summed E-state index contributed by atoms with van der Waals surface area (Å²) in [5.41, 5.74) is 2.01. The molecule has 2 saturated carbocycles. The second-order valence-electron chi connectivity index (χ2n) is 7.13. The Hall–Kier alpha value is -2.17. The van der Waals surface area contributed by atoms with Crippen molar-refractivity contribution in [2.24, 2.45) is 17.8 Å². The minimum atomic E-state index is -0.150. The van der Waals surface area contributed by atoms with Crippen LogP contribution < -0.4 is 0 Å². The summed E-state index contributed by atoms with van der Waals surface area (Å²) in [5.74, 6) is 2.82. The number of carbonyl (C=O) groups excluding carboxylic acids is 1. The molecular formula is C19H22N2O3. The van der Waals surface area contributed by atoms with Crippen LogP contribution in [-0.2, 0) is 16.1 Å². The number of aromatic nitrogens is 2. The van der Waals surface area contributed by atoms with Crippen LogP contribution in [0.1, 0.15) is 43.6 Å². The molecular weight excluding hydrogens is 304 g/mol. The van der Waals surface area contributed by atoms with Gasteiger partial charge in [-0.2, -0.15) is 4.98 Å². The zero-order valence-electron chi connectivity index (χ0n) is 13.9. The van der Waals surface area contributed by atoms with Gasteiger partial charge in [-0.25, -0.2) is 0 Å². The zero-order chi connectivity index (χ0) is 16.5. The van der Waals surface area contributed by atoms with Crippen molar-refractivity contribution in [3.05, 3.63) is 35.7 Å². The van der Waals surface area contributed by atoms with Crippen molar-refractivity contribution in [3.63, 3.8) is 0 Å². The average Bonchev–Trinajstić information content (AvgIpc) is 3.30. The van der Waals surface area contributed by atoms with Gasteiger partial charge in [0.1, 0.15) is 0 Å². The van der Waals surface area contributed by atoms with Crippen molar-refractivity contribution in [1.82, 2.24) is 10.1 Å². The van der Waals surface area contributed by atoms with E-state index < -0.39 is 0 Å². The summed E-state index contributed by atoms with van der Waals surface area (Å²) < 4.78 is 10.5. The molecule has 1 aromatic carbocycles. The first-order valence-corrected chi connectivity index (χ1v) is 8.73. The standard InChI is InChI=1S/C19H22N2O3/c1-12-4-2-3-5-16(12)19-20-17(24-21-19)11-23-18(22)10-15-9-13-6-7-14(15)8-13/h2-5,13-15H,6-11H2,1H3/t13-,14+,15+/m0/s1. The lowest BCUT2D eigenvalue weighted by atomic mass is 9.86. The number of ether oxygens (including phenoxy) is 1. The van der Waals surface area contributed by atoms with Gasteiger partial charge in [0, 0.05) is 12.0 Å². The molecule has 0 radical (unpaired) electrons. The molecule has 0 amide bonds. The molecule has 2 aliphatic rings. The van der Waals surface area contributed by atoms with Crippen LogP contribution in [-0.4, -0.2) is 16.1 Å². The van der Waals surface area contributed by atoms with Gasteiger partial charge in [0.2, 0.25) is 5.82 Å². The number of nitrogens with zero attached hydrogens (tertiary/aromatic N) is 2. The van der Waals surface area contributed by atoms with Crippen LogP contribution in [0, 0.1) is 24.7 Å². The largest absolute Gasteiger partial charge is 0.456 e. The highest BCUT2D eigenvalue weighted by Crippen LogP contribution is 2.49. The van der Waals surface area contributed by atoms with Crippen LogP contribution in [0.3, 0.4) is 0 Å². The van der Waals surface area contributed by atoms with E-state index in [2.05, 4.69) is 10.1 Å². The number of esters is 1. The summed E-state index contributed by atoms with van der Waals surface area (Å²) in [6, 6.07) is 7.86. The molecule has 0 saturated heterocycles. The molecule has 126 valence electrons. The van der Waals surface area contributed by atoms with E-state index in [1.165, 1.54) is 25.7 Å². The van der Waals surface area contributed by atoms with Crippen molar-refractivity contribution in [3.8, 4) is 11.4 Å². The lowest BCUT2D eigenvalue weighted by Crippen LogP contribution is -2.17. The molecule has 2 aliphatic carbocycles. The van der Waals surface area contributed by atoms with Crippen molar-refractivity contribution in [2.45, 2.75) is 45.6 Å². The smallest absolute Gasteiger partial charge is 0.306 e. The molecule has 1 heterocycles. The number of rotatable bonds is 5. The molecule has 24 heavy (non-hydrogen) atoms. The van der Waals surface area contributed by atoms with E-state index in [1.807, 2.05) is 31.2 Å². The number of benzene rings is 1. The van der Waals surface area contributed by atoms with Crippen LogP contribution >= 0.6 is 0 Å². The molecule has 1 aromatic heterocycles. The third-order valence-electron chi connectivity index (χ3n) is 5.52. The fraction of sp³-hybridized carbons (Fsp3) is 0.526. The molecule has 2 aromatic rings. The fourth-order valence-electron chi connectivity index (χ4n) is 4.29. The van der Waals surface area contributed by atoms with E-state index in [0.29, 0.717) is 24.1 Å². The van der Waals surface area contributed by atoms with Crippen molar-refractivity contribution in [1.29, 1.82) is 0 Å². The zero-order valence-corrected chi connectivity index (χ0v) is 13.9. The Morgan fingerprint density at radius 3 is 2.92 bits per heavy atom. The maximum Gasteiger partial charge on any atom is 0.306 e. The molecule has 0 spiro atoms. The summed E-state index contributed by atoms with van der Waals surface area (Å²) in [6.07, 6.45) is 5.66. The van der Waals surface area contributed by atoms with Gasteiger partial charge in [0.15, 0.2) is 6.61 Å². The highest BCUT2D eigenvalue weighted by molar-refractivity contribution is 5.69. The first-order valence-electron chi connectivity index (χ1n) is 8.73. The maximum atomic E-state index is 12.1. The van der Waals surface area contributed by atoms with Crippen LogP contribution in [0.4, 0.5) is 0 Å². The monoisotopic (exact) mass is 326 g/mol. The van der Waals surface area contributed by atoms with Crippen LogP contribution in [0.15, 0.2) is 28.8 Å². The second-order valence-corrected chi connectivity index (χ2v) is 7.13. The van der Waals surface area contributed by atoms with Crippen LogP contribution in [0.25, 0.3) is 11.4 Å². The molecule has 0 unspecified atom stereocenters.